The van der Waals surface area contributed by atoms with Gasteiger partial charge < -0.3 is 10.2 Å². The van der Waals surface area contributed by atoms with Crippen molar-refractivity contribution in [1.29, 1.82) is 0 Å². The molecule has 152 valence electrons. The highest BCUT2D eigenvalue weighted by Gasteiger charge is 2.21. The molecule has 7 heteroatoms. The summed E-state index contributed by atoms with van der Waals surface area (Å²) in [7, 11) is 0. The van der Waals surface area contributed by atoms with E-state index in [1.807, 2.05) is 19.9 Å². The van der Waals surface area contributed by atoms with Crippen LogP contribution in [-0.4, -0.2) is 60.0 Å². The van der Waals surface area contributed by atoms with Crippen molar-refractivity contribution in [2.24, 2.45) is 0 Å². The van der Waals surface area contributed by atoms with Crippen LogP contribution in [0.2, 0.25) is 0 Å². The monoisotopic (exact) mass is 409 g/mol. The minimum atomic E-state index is 0.103. The molecule has 1 amide bonds. The summed E-state index contributed by atoms with van der Waals surface area (Å²) in [6.45, 7) is 8.65. The van der Waals surface area contributed by atoms with Crippen LogP contribution >= 0.6 is 11.3 Å². The number of hydrogen-bond donors (Lipinski definition) is 1. The second-order valence-electron chi connectivity index (χ2n) is 7.36. The van der Waals surface area contributed by atoms with Crippen LogP contribution in [0.4, 0.5) is 5.82 Å². The Labute approximate surface area is 175 Å². The van der Waals surface area contributed by atoms with Crippen LogP contribution in [0.25, 0.3) is 20.7 Å². The number of nitrogens with zero attached hydrogens (tertiary/aromatic N) is 4. The van der Waals surface area contributed by atoms with E-state index in [4.69, 9.17) is 9.97 Å². The highest BCUT2D eigenvalue weighted by atomic mass is 32.1. The maximum atomic E-state index is 11.9. The molecule has 3 heterocycles. The molecule has 1 saturated heterocycles. The Kier molecular flexibility index (Phi) is 6.06. The summed E-state index contributed by atoms with van der Waals surface area (Å²) in [5.74, 6) is 1.93. The molecule has 0 aliphatic carbocycles. The van der Waals surface area contributed by atoms with Gasteiger partial charge in [-0.15, -0.1) is 11.3 Å². The fourth-order valence-electron chi connectivity index (χ4n) is 3.79. The number of aromatic nitrogens is 2. The lowest BCUT2D eigenvalue weighted by molar-refractivity contribution is -0.122. The molecular weight excluding hydrogens is 382 g/mol. The molecule has 29 heavy (non-hydrogen) atoms. The third kappa shape index (κ3) is 4.57. The first kappa shape index (κ1) is 19.8. The Morgan fingerprint density at radius 3 is 2.76 bits per heavy atom. The standard InChI is InChI=1S/C22H27N5OS/c1-3-23-20(28)15-26-10-7-11-27(13-12-26)21-18-14-19(17-8-5-4-6-9-17)29-22(18)25-16(2)24-21/h4-6,8-9,14H,3,7,10-13,15H2,1-2H3,(H,23,28). The van der Waals surface area contributed by atoms with Crippen LogP contribution in [0.15, 0.2) is 36.4 Å². The van der Waals surface area contributed by atoms with Gasteiger partial charge in [0.2, 0.25) is 5.91 Å². The number of benzene rings is 1. The normalized spacial score (nSPS) is 15.4. The number of likely N-dealkylation sites (N-methyl/N-ethyl adjacent to an activating group) is 1. The van der Waals surface area contributed by atoms with Crippen LogP contribution in [0.5, 0.6) is 0 Å². The van der Waals surface area contributed by atoms with E-state index in [9.17, 15) is 4.79 Å². The quantitative estimate of drug-likeness (QED) is 0.701. The third-order valence-electron chi connectivity index (χ3n) is 5.17. The van der Waals surface area contributed by atoms with Crippen molar-refractivity contribution in [1.82, 2.24) is 20.2 Å². The molecule has 1 aliphatic rings. The van der Waals surface area contributed by atoms with Crippen molar-refractivity contribution in [3.05, 3.63) is 42.2 Å². The molecule has 0 saturated carbocycles. The Morgan fingerprint density at radius 2 is 1.97 bits per heavy atom. The predicted octanol–water partition coefficient (Wildman–Crippen LogP) is 3.31. The average molecular weight is 410 g/mol. The van der Waals surface area contributed by atoms with Gasteiger partial charge in [0.05, 0.1) is 11.9 Å². The van der Waals surface area contributed by atoms with Gasteiger partial charge in [0.1, 0.15) is 16.5 Å². The van der Waals surface area contributed by atoms with E-state index in [0.29, 0.717) is 13.1 Å². The first-order chi connectivity index (χ1) is 14.1. The van der Waals surface area contributed by atoms with Crippen LogP contribution < -0.4 is 10.2 Å². The van der Waals surface area contributed by atoms with Gasteiger partial charge in [-0.1, -0.05) is 30.3 Å². The summed E-state index contributed by atoms with van der Waals surface area (Å²) in [5, 5.41) is 4.01. The zero-order valence-electron chi connectivity index (χ0n) is 17.0. The molecule has 6 nitrogen and oxygen atoms in total. The molecule has 0 unspecified atom stereocenters. The van der Waals surface area contributed by atoms with Gasteiger partial charge in [-0.05, 0) is 31.9 Å². The molecule has 1 aliphatic heterocycles. The number of fused-ring (bicyclic) bond motifs is 1. The second kappa shape index (κ2) is 8.88. The average Bonchev–Trinajstić information content (AvgIpc) is 3.01. The maximum Gasteiger partial charge on any atom is 0.234 e. The van der Waals surface area contributed by atoms with Gasteiger partial charge in [0.25, 0.3) is 0 Å². The Hall–Kier alpha value is -2.51. The zero-order chi connectivity index (χ0) is 20.2. The molecule has 2 aromatic heterocycles. The molecule has 0 radical (unpaired) electrons. The number of amides is 1. The number of aryl methyl sites for hydroxylation is 1. The lowest BCUT2D eigenvalue weighted by Crippen LogP contribution is -2.39. The first-order valence-corrected chi connectivity index (χ1v) is 11.0. The van der Waals surface area contributed by atoms with E-state index >= 15 is 0 Å². The number of carbonyl (C=O) groups excluding carboxylic acids is 1. The van der Waals surface area contributed by atoms with Crippen molar-refractivity contribution in [3.8, 4) is 10.4 Å². The van der Waals surface area contributed by atoms with Gasteiger partial charge in [-0.3, -0.25) is 9.69 Å². The molecule has 0 atom stereocenters. The summed E-state index contributed by atoms with van der Waals surface area (Å²) in [6, 6.07) is 12.7. The van der Waals surface area contributed by atoms with Crippen molar-refractivity contribution in [2.45, 2.75) is 20.3 Å². The van der Waals surface area contributed by atoms with Crippen molar-refractivity contribution in [3.63, 3.8) is 0 Å². The van der Waals surface area contributed by atoms with Crippen molar-refractivity contribution < 1.29 is 4.79 Å². The highest BCUT2D eigenvalue weighted by molar-refractivity contribution is 7.21. The molecule has 1 aromatic carbocycles. The van der Waals surface area contributed by atoms with E-state index < -0.39 is 0 Å². The van der Waals surface area contributed by atoms with E-state index in [1.54, 1.807) is 11.3 Å². The molecular formula is C22H27N5OS. The summed E-state index contributed by atoms with van der Waals surface area (Å²) in [5.41, 5.74) is 1.21. The SMILES string of the molecule is CCNC(=O)CN1CCCN(c2nc(C)nc3sc(-c4ccccc4)cc23)CC1. The minimum Gasteiger partial charge on any atom is -0.355 e. The summed E-state index contributed by atoms with van der Waals surface area (Å²) in [6.07, 6.45) is 1.01. The fraction of sp³-hybridized carbons (Fsp3) is 0.409. The number of hydrogen-bond acceptors (Lipinski definition) is 6. The van der Waals surface area contributed by atoms with Gasteiger partial charge in [0.15, 0.2) is 0 Å². The van der Waals surface area contributed by atoms with Crippen LogP contribution in [0.3, 0.4) is 0 Å². The van der Waals surface area contributed by atoms with Gasteiger partial charge >= 0.3 is 0 Å². The fourth-order valence-corrected chi connectivity index (χ4v) is 4.87. The number of nitrogens with one attached hydrogen (secondary N) is 1. The smallest absolute Gasteiger partial charge is 0.234 e. The Bertz CT molecular complexity index is 988. The van der Waals surface area contributed by atoms with Gasteiger partial charge in [-0.25, -0.2) is 9.97 Å². The Morgan fingerprint density at radius 1 is 1.14 bits per heavy atom. The van der Waals surface area contributed by atoms with Crippen molar-refractivity contribution in [2.75, 3.05) is 44.2 Å². The highest BCUT2D eigenvalue weighted by Crippen LogP contribution is 2.36. The van der Waals surface area contributed by atoms with E-state index in [0.717, 1.165) is 54.5 Å². The van der Waals surface area contributed by atoms with Crippen LogP contribution in [0, 0.1) is 6.92 Å². The predicted molar refractivity (Wildman–Crippen MR) is 120 cm³/mol. The first-order valence-electron chi connectivity index (χ1n) is 10.2. The molecule has 3 aromatic rings. The largest absolute Gasteiger partial charge is 0.355 e. The second-order valence-corrected chi connectivity index (χ2v) is 8.39. The molecule has 0 bridgehead atoms. The third-order valence-corrected chi connectivity index (χ3v) is 6.25. The van der Waals surface area contributed by atoms with Crippen molar-refractivity contribution >= 4 is 33.3 Å². The lowest BCUT2D eigenvalue weighted by Gasteiger charge is -2.23. The Balaban J connectivity index is 1.58. The number of carbonyl (C=O) groups is 1. The maximum absolute atomic E-state index is 11.9. The molecule has 0 spiro atoms. The zero-order valence-corrected chi connectivity index (χ0v) is 17.8. The minimum absolute atomic E-state index is 0.103. The topological polar surface area (TPSA) is 61.4 Å². The summed E-state index contributed by atoms with van der Waals surface area (Å²) < 4.78 is 0. The van der Waals surface area contributed by atoms with E-state index in [-0.39, 0.29) is 5.91 Å². The number of rotatable bonds is 5. The lowest BCUT2D eigenvalue weighted by atomic mass is 10.2. The summed E-state index contributed by atoms with van der Waals surface area (Å²) in [4.78, 5) is 28.3. The van der Waals surface area contributed by atoms with Gasteiger partial charge in [0, 0.05) is 37.6 Å². The van der Waals surface area contributed by atoms with E-state index in [1.165, 1.54) is 10.4 Å². The molecule has 1 fully saturated rings. The van der Waals surface area contributed by atoms with Gasteiger partial charge in [-0.2, -0.15) is 0 Å². The number of thiophene rings is 1. The van der Waals surface area contributed by atoms with E-state index in [2.05, 4.69) is 45.4 Å². The molecule has 4 rings (SSSR count). The molecule has 1 N–H and O–H groups in total. The van der Waals surface area contributed by atoms with Crippen LogP contribution in [0.1, 0.15) is 19.2 Å². The van der Waals surface area contributed by atoms with Crippen LogP contribution in [-0.2, 0) is 4.79 Å². The summed E-state index contributed by atoms with van der Waals surface area (Å²) >= 11 is 1.72. The number of anilines is 1.